The standard InChI is InChI=1S/C53H88O11/c1-3-5-7-9-11-13-15-17-19-21-23-25-27-29-31-33-35-37-39-41-46(54)61-43-45(44-62-53-50(58)48(56)49(57)51(64-53)52(59)60)63-47(55)42-40-38-36-34-32-30-28-26-24-22-20-18-16-14-12-10-8-6-4-2/h11-14,17-20,23-26,45,48-51,53,56-58H,3-10,15-16,21-22,27-44H2,1-2H3,(H,59,60)/b13-11-,14-12-,19-17-,20-18-,25-23-,26-24-. The second-order valence-electron chi connectivity index (χ2n) is 16.9. The Balaban J connectivity index is 2.35. The number of carbonyl (C=O) groups excluding carboxylic acids is 2. The maximum Gasteiger partial charge on any atom is 0.335 e. The van der Waals surface area contributed by atoms with Crippen molar-refractivity contribution < 1.29 is 53.8 Å². The summed E-state index contributed by atoms with van der Waals surface area (Å²) in [6.07, 6.45) is 45.1. The minimum Gasteiger partial charge on any atom is -0.479 e. The fourth-order valence-electron chi connectivity index (χ4n) is 7.07. The van der Waals surface area contributed by atoms with Crippen LogP contribution in [0.4, 0.5) is 0 Å². The summed E-state index contributed by atoms with van der Waals surface area (Å²) in [5, 5.41) is 39.9. The SMILES string of the molecule is CCCCC/C=C\C/C=C\C/C=C\CCCCCCCCC(=O)OCC(COC1OC(C(=O)O)C(O)C(O)C1O)OC(=O)CCCCCCCC/C=C\C/C=C\C/C=C\CCCCC. The Kier molecular flexibility index (Phi) is 38.8. The molecule has 11 heteroatoms. The van der Waals surface area contributed by atoms with Crippen molar-refractivity contribution in [3.63, 3.8) is 0 Å². The highest BCUT2D eigenvalue weighted by Crippen LogP contribution is 2.23. The van der Waals surface area contributed by atoms with E-state index in [-0.39, 0.29) is 19.4 Å². The molecule has 0 amide bonds. The number of ether oxygens (including phenoxy) is 4. The lowest BCUT2D eigenvalue weighted by Crippen LogP contribution is -2.60. The number of aliphatic hydroxyl groups is 3. The van der Waals surface area contributed by atoms with Crippen LogP contribution in [0.15, 0.2) is 72.9 Å². The quantitative estimate of drug-likeness (QED) is 0.0262. The van der Waals surface area contributed by atoms with Gasteiger partial charge in [-0.1, -0.05) is 164 Å². The highest BCUT2D eigenvalue weighted by molar-refractivity contribution is 5.73. The minimum atomic E-state index is -1.87. The number of aliphatic carboxylic acids is 1. The van der Waals surface area contributed by atoms with E-state index in [1.54, 1.807) is 0 Å². The van der Waals surface area contributed by atoms with Gasteiger partial charge < -0.3 is 39.4 Å². The molecule has 0 saturated carbocycles. The van der Waals surface area contributed by atoms with Crippen LogP contribution in [0.5, 0.6) is 0 Å². The van der Waals surface area contributed by atoms with E-state index in [2.05, 4.69) is 86.8 Å². The summed E-state index contributed by atoms with van der Waals surface area (Å²) in [7, 11) is 0. The lowest BCUT2D eigenvalue weighted by Gasteiger charge is -2.38. The predicted octanol–water partition coefficient (Wildman–Crippen LogP) is 11.6. The van der Waals surface area contributed by atoms with Crippen molar-refractivity contribution in [2.75, 3.05) is 13.2 Å². The zero-order valence-corrected chi connectivity index (χ0v) is 39.8. The number of unbranched alkanes of at least 4 members (excludes halogenated alkanes) is 18. The lowest BCUT2D eigenvalue weighted by atomic mass is 9.99. The molecule has 1 aliphatic heterocycles. The Morgan fingerprint density at radius 2 is 0.875 bits per heavy atom. The molecule has 4 N–H and O–H groups in total. The maximum absolute atomic E-state index is 12.8. The van der Waals surface area contributed by atoms with Gasteiger partial charge in [0.25, 0.3) is 0 Å². The number of esters is 2. The van der Waals surface area contributed by atoms with Crippen LogP contribution in [0.25, 0.3) is 0 Å². The van der Waals surface area contributed by atoms with Crippen LogP contribution < -0.4 is 0 Å². The zero-order valence-electron chi connectivity index (χ0n) is 39.8. The third-order valence-corrected chi connectivity index (χ3v) is 11.0. The number of carboxylic acids is 1. The minimum absolute atomic E-state index is 0.162. The molecule has 1 aliphatic rings. The lowest BCUT2D eigenvalue weighted by molar-refractivity contribution is -0.298. The van der Waals surface area contributed by atoms with Crippen LogP contribution in [0.1, 0.15) is 194 Å². The second kappa shape index (κ2) is 42.3. The van der Waals surface area contributed by atoms with Crippen LogP contribution in [-0.4, -0.2) is 88.4 Å². The van der Waals surface area contributed by atoms with Crippen molar-refractivity contribution in [1.29, 1.82) is 0 Å². The summed E-state index contributed by atoms with van der Waals surface area (Å²) in [5.74, 6) is -2.48. The molecule has 11 nitrogen and oxygen atoms in total. The van der Waals surface area contributed by atoms with Gasteiger partial charge in [0.2, 0.25) is 0 Å². The molecular formula is C53H88O11. The number of hydrogen-bond acceptors (Lipinski definition) is 10. The van der Waals surface area contributed by atoms with Crippen molar-refractivity contribution >= 4 is 17.9 Å². The predicted molar refractivity (Wildman–Crippen MR) is 257 cm³/mol. The highest BCUT2D eigenvalue weighted by Gasteiger charge is 2.47. The van der Waals surface area contributed by atoms with Gasteiger partial charge in [-0.15, -0.1) is 0 Å². The Morgan fingerprint density at radius 1 is 0.484 bits per heavy atom. The normalized spacial score (nSPS) is 19.9. The molecule has 64 heavy (non-hydrogen) atoms. The average molecular weight is 901 g/mol. The molecule has 0 aromatic rings. The summed E-state index contributed by atoms with van der Waals surface area (Å²) in [6.45, 7) is 3.74. The topological polar surface area (TPSA) is 169 Å². The largest absolute Gasteiger partial charge is 0.479 e. The average Bonchev–Trinajstić information content (AvgIpc) is 3.28. The Bertz CT molecular complexity index is 1340. The van der Waals surface area contributed by atoms with Crippen molar-refractivity contribution in [3.05, 3.63) is 72.9 Å². The first-order chi connectivity index (χ1) is 31.2. The summed E-state index contributed by atoms with van der Waals surface area (Å²) >= 11 is 0. The first-order valence-corrected chi connectivity index (χ1v) is 25.0. The summed E-state index contributed by atoms with van der Waals surface area (Å²) < 4.78 is 21.8. The number of hydrogen-bond donors (Lipinski definition) is 4. The molecule has 0 radical (unpaired) electrons. The van der Waals surface area contributed by atoms with Gasteiger partial charge in [0.1, 0.15) is 24.9 Å². The van der Waals surface area contributed by atoms with Crippen molar-refractivity contribution in [2.24, 2.45) is 0 Å². The smallest absolute Gasteiger partial charge is 0.335 e. The molecule has 6 atom stereocenters. The van der Waals surface area contributed by atoms with Crippen LogP contribution >= 0.6 is 0 Å². The van der Waals surface area contributed by atoms with E-state index < -0.39 is 61.3 Å². The van der Waals surface area contributed by atoms with E-state index >= 15 is 0 Å². The highest BCUT2D eigenvalue weighted by atomic mass is 16.7. The molecule has 366 valence electrons. The third-order valence-electron chi connectivity index (χ3n) is 11.0. The number of rotatable bonds is 41. The van der Waals surface area contributed by atoms with Crippen LogP contribution in [0, 0.1) is 0 Å². The van der Waals surface area contributed by atoms with Gasteiger partial charge in [-0.25, -0.2) is 4.79 Å². The van der Waals surface area contributed by atoms with E-state index in [1.807, 2.05) is 0 Å². The maximum atomic E-state index is 12.8. The number of allylic oxidation sites excluding steroid dienone is 12. The third kappa shape index (κ3) is 33.2. The fraction of sp³-hybridized carbons (Fsp3) is 0.717. The molecule has 0 spiro atoms. The summed E-state index contributed by atoms with van der Waals surface area (Å²) in [4.78, 5) is 37.0. The van der Waals surface area contributed by atoms with Crippen LogP contribution in [0.2, 0.25) is 0 Å². The second-order valence-corrected chi connectivity index (χ2v) is 16.9. The Hall–Kier alpha value is -3.35. The molecule has 1 rings (SSSR count). The van der Waals surface area contributed by atoms with Gasteiger partial charge in [0, 0.05) is 12.8 Å². The van der Waals surface area contributed by atoms with Gasteiger partial charge in [0.15, 0.2) is 18.5 Å². The number of carboxylic acid groups (broad SMARTS) is 1. The fourth-order valence-corrected chi connectivity index (χ4v) is 7.07. The molecule has 1 heterocycles. The molecule has 1 fully saturated rings. The van der Waals surface area contributed by atoms with Crippen LogP contribution in [-0.2, 0) is 33.3 Å². The number of aliphatic hydroxyl groups excluding tert-OH is 3. The van der Waals surface area contributed by atoms with Crippen molar-refractivity contribution in [3.8, 4) is 0 Å². The molecule has 1 saturated heterocycles. The molecular weight excluding hydrogens is 813 g/mol. The van der Waals surface area contributed by atoms with Crippen molar-refractivity contribution in [2.45, 2.75) is 230 Å². The molecule has 0 aliphatic carbocycles. The van der Waals surface area contributed by atoms with Crippen LogP contribution in [0.3, 0.4) is 0 Å². The van der Waals surface area contributed by atoms with E-state index in [0.29, 0.717) is 12.8 Å². The summed E-state index contributed by atoms with van der Waals surface area (Å²) in [5.41, 5.74) is 0. The van der Waals surface area contributed by atoms with E-state index in [1.165, 1.54) is 51.4 Å². The van der Waals surface area contributed by atoms with Gasteiger partial charge >= 0.3 is 17.9 Å². The zero-order chi connectivity index (χ0) is 46.7. The molecule has 6 unspecified atom stereocenters. The van der Waals surface area contributed by atoms with Gasteiger partial charge in [0.05, 0.1) is 6.61 Å². The first-order valence-electron chi connectivity index (χ1n) is 25.0. The molecule has 0 bridgehead atoms. The first kappa shape index (κ1) is 58.7. The van der Waals surface area contributed by atoms with E-state index in [4.69, 9.17) is 18.9 Å². The van der Waals surface area contributed by atoms with E-state index in [9.17, 15) is 34.8 Å². The Morgan fingerprint density at radius 3 is 1.31 bits per heavy atom. The monoisotopic (exact) mass is 901 g/mol. The molecule has 0 aromatic carbocycles. The Labute approximate surface area is 387 Å². The number of carbonyl (C=O) groups is 3. The van der Waals surface area contributed by atoms with Gasteiger partial charge in [-0.3, -0.25) is 9.59 Å². The summed E-state index contributed by atoms with van der Waals surface area (Å²) in [6, 6.07) is 0. The van der Waals surface area contributed by atoms with Gasteiger partial charge in [-0.2, -0.15) is 0 Å². The van der Waals surface area contributed by atoms with Crippen molar-refractivity contribution in [1.82, 2.24) is 0 Å². The van der Waals surface area contributed by atoms with E-state index in [0.717, 1.165) is 103 Å². The van der Waals surface area contributed by atoms with Gasteiger partial charge in [-0.05, 0) is 89.9 Å². The molecule has 0 aromatic heterocycles.